The fourth-order valence-corrected chi connectivity index (χ4v) is 3.80. The van der Waals surface area contributed by atoms with Gasteiger partial charge in [0.2, 0.25) is 0 Å². The summed E-state index contributed by atoms with van der Waals surface area (Å²) in [5.41, 5.74) is 2.10. The largest absolute Gasteiger partial charge is 0.395 e. The van der Waals surface area contributed by atoms with Gasteiger partial charge in [-0.05, 0) is 55.3 Å². The molecule has 23 heavy (non-hydrogen) atoms. The summed E-state index contributed by atoms with van der Waals surface area (Å²) < 4.78 is 0. The molecule has 2 atom stereocenters. The number of nitrogens with zero attached hydrogens (tertiary/aromatic N) is 1. The van der Waals surface area contributed by atoms with Crippen molar-refractivity contribution >= 4 is 10.8 Å². The van der Waals surface area contributed by atoms with Crippen molar-refractivity contribution in [1.29, 1.82) is 0 Å². The highest BCUT2D eigenvalue weighted by Crippen LogP contribution is 2.23. The average molecular weight is 314 g/mol. The van der Waals surface area contributed by atoms with Crippen LogP contribution in [0.25, 0.3) is 10.8 Å². The summed E-state index contributed by atoms with van der Waals surface area (Å²) in [6, 6.07) is 8.19. The van der Waals surface area contributed by atoms with Crippen LogP contribution in [0.3, 0.4) is 0 Å². The molecule has 4 heteroatoms. The highest BCUT2D eigenvalue weighted by Gasteiger charge is 2.27. The zero-order chi connectivity index (χ0) is 16.4. The highest BCUT2D eigenvalue weighted by molar-refractivity contribution is 5.84. The molecule has 0 bridgehead atoms. The van der Waals surface area contributed by atoms with Crippen LogP contribution < -0.4 is 5.56 Å². The summed E-state index contributed by atoms with van der Waals surface area (Å²) in [4.78, 5) is 17.7. The number of piperidine rings is 1. The third-order valence-corrected chi connectivity index (χ3v) is 5.25. The van der Waals surface area contributed by atoms with E-state index in [4.69, 9.17) is 0 Å². The molecule has 0 spiro atoms. The zero-order valence-corrected chi connectivity index (χ0v) is 14.0. The van der Waals surface area contributed by atoms with Crippen molar-refractivity contribution in [2.75, 3.05) is 19.7 Å². The number of nitrogens with one attached hydrogen (secondary N) is 1. The molecule has 124 valence electrons. The monoisotopic (exact) mass is 314 g/mol. The Morgan fingerprint density at radius 1 is 1.35 bits per heavy atom. The molecule has 0 radical (unpaired) electrons. The number of aromatic amines is 1. The van der Waals surface area contributed by atoms with Gasteiger partial charge in [0.05, 0.1) is 6.61 Å². The lowest BCUT2D eigenvalue weighted by Crippen LogP contribution is -2.47. The van der Waals surface area contributed by atoms with E-state index >= 15 is 0 Å². The van der Waals surface area contributed by atoms with Crippen molar-refractivity contribution in [3.05, 3.63) is 45.9 Å². The van der Waals surface area contributed by atoms with Gasteiger partial charge in [-0.1, -0.05) is 19.1 Å². The predicted octanol–water partition coefficient (Wildman–Crippen LogP) is 2.47. The number of fused-ring (bicyclic) bond motifs is 1. The minimum atomic E-state index is -0.00748. The number of rotatable bonds is 4. The quantitative estimate of drug-likeness (QED) is 0.911. The van der Waals surface area contributed by atoms with E-state index < -0.39 is 0 Å². The number of hydrogen-bond donors (Lipinski definition) is 2. The van der Waals surface area contributed by atoms with Crippen LogP contribution in [0.1, 0.15) is 31.0 Å². The summed E-state index contributed by atoms with van der Waals surface area (Å²) in [7, 11) is 0. The van der Waals surface area contributed by atoms with E-state index in [0.29, 0.717) is 5.92 Å². The Morgan fingerprint density at radius 3 is 2.96 bits per heavy atom. The van der Waals surface area contributed by atoms with E-state index in [1.54, 1.807) is 0 Å². The Labute approximate surface area is 137 Å². The molecule has 2 heterocycles. The maximum atomic E-state index is 12.3. The van der Waals surface area contributed by atoms with E-state index in [9.17, 15) is 9.90 Å². The van der Waals surface area contributed by atoms with Crippen molar-refractivity contribution in [3.8, 4) is 0 Å². The normalized spacial score (nSPS) is 22.6. The maximum Gasteiger partial charge on any atom is 0.256 e. The Hall–Kier alpha value is -1.65. The van der Waals surface area contributed by atoms with Crippen LogP contribution in [0.5, 0.6) is 0 Å². The summed E-state index contributed by atoms with van der Waals surface area (Å²) in [6.45, 7) is 6.39. The molecule has 1 aromatic heterocycles. The molecule has 1 saturated heterocycles. The van der Waals surface area contributed by atoms with Crippen LogP contribution in [-0.4, -0.2) is 40.7 Å². The predicted molar refractivity (Wildman–Crippen MR) is 93.9 cm³/mol. The lowest BCUT2D eigenvalue weighted by molar-refractivity contribution is 0.0538. The molecule has 3 rings (SSSR count). The Morgan fingerprint density at radius 2 is 2.17 bits per heavy atom. The summed E-state index contributed by atoms with van der Waals surface area (Å²) in [6.07, 6.45) is 3.18. The topological polar surface area (TPSA) is 56.3 Å². The molecular formula is C19H26N2O2. The minimum absolute atomic E-state index is 0.00748. The summed E-state index contributed by atoms with van der Waals surface area (Å²) in [5, 5.41) is 11.4. The molecule has 2 aromatic rings. The van der Waals surface area contributed by atoms with E-state index in [2.05, 4.69) is 22.9 Å². The maximum absolute atomic E-state index is 12.3. The number of H-pyrrole nitrogens is 1. The number of aryl methyl sites for hydroxylation is 1. The van der Waals surface area contributed by atoms with Gasteiger partial charge in [-0.3, -0.25) is 9.69 Å². The van der Waals surface area contributed by atoms with Gasteiger partial charge in [-0.15, -0.1) is 0 Å². The van der Waals surface area contributed by atoms with Crippen molar-refractivity contribution in [3.63, 3.8) is 0 Å². The smallest absolute Gasteiger partial charge is 0.256 e. The van der Waals surface area contributed by atoms with Crippen LogP contribution >= 0.6 is 0 Å². The fourth-order valence-electron chi connectivity index (χ4n) is 3.80. The minimum Gasteiger partial charge on any atom is -0.395 e. The van der Waals surface area contributed by atoms with Gasteiger partial charge in [0.15, 0.2) is 0 Å². The van der Waals surface area contributed by atoms with Crippen molar-refractivity contribution in [2.45, 2.75) is 39.2 Å². The molecule has 1 fully saturated rings. The third kappa shape index (κ3) is 3.33. The molecule has 2 N–H and O–H groups in total. The van der Waals surface area contributed by atoms with Gasteiger partial charge in [-0.2, -0.15) is 0 Å². The van der Waals surface area contributed by atoms with E-state index in [-0.39, 0.29) is 18.2 Å². The number of likely N-dealkylation sites (tertiary alicyclic amines) is 1. The number of hydrogen-bond acceptors (Lipinski definition) is 3. The number of aromatic nitrogens is 1. The second kappa shape index (κ2) is 6.85. The van der Waals surface area contributed by atoms with Crippen LogP contribution in [0.15, 0.2) is 29.1 Å². The first-order valence-electron chi connectivity index (χ1n) is 8.56. The van der Waals surface area contributed by atoms with Crippen molar-refractivity contribution < 1.29 is 5.11 Å². The first-order chi connectivity index (χ1) is 11.1. The van der Waals surface area contributed by atoms with E-state index in [1.807, 2.05) is 25.1 Å². The Bertz CT molecular complexity index is 738. The van der Waals surface area contributed by atoms with Gasteiger partial charge in [0.25, 0.3) is 5.56 Å². The summed E-state index contributed by atoms with van der Waals surface area (Å²) >= 11 is 0. The second-order valence-corrected chi connectivity index (χ2v) is 6.82. The Kier molecular flexibility index (Phi) is 4.83. The number of pyridine rings is 1. The van der Waals surface area contributed by atoms with Crippen LogP contribution in [-0.2, 0) is 6.42 Å². The Balaban J connectivity index is 1.79. The average Bonchev–Trinajstić information content (AvgIpc) is 2.54. The first kappa shape index (κ1) is 16.2. The molecular weight excluding hydrogens is 288 g/mol. The van der Waals surface area contributed by atoms with Crippen molar-refractivity contribution in [2.24, 2.45) is 5.92 Å². The molecule has 1 aliphatic rings. The van der Waals surface area contributed by atoms with Gasteiger partial charge in [-0.25, -0.2) is 0 Å². The lowest BCUT2D eigenvalue weighted by atomic mass is 9.91. The van der Waals surface area contributed by atoms with Crippen LogP contribution in [0.2, 0.25) is 0 Å². The zero-order valence-electron chi connectivity index (χ0n) is 14.0. The van der Waals surface area contributed by atoms with Gasteiger partial charge >= 0.3 is 0 Å². The molecule has 1 aromatic carbocycles. The number of aliphatic hydroxyl groups excluding tert-OH is 1. The molecule has 0 unspecified atom stereocenters. The third-order valence-electron chi connectivity index (χ3n) is 5.25. The van der Waals surface area contributed by atoms with E-state index in [1.165, 1.54) is 12.8 Å². The first-order valence-corrected chi connectivity index (χ1v) is 8.56. The SMILES string of the molecule is Cc1cccc2c(=O)[nH]c(CCN3CCC[C@H](C)[C@@H]3CO)cc12. The fraction of sp³-hybridized carbons (Fsp3) is 0.526. The van der Waals surface area contributed by atoms with Gasteiger partial charge in [0.1, 0.15) is 0 Å². The van der Waals surface area contributed by atoms with Gasteiger partial charge in [0, 0.05) is 30.1 Å². The molecule has 4 nitrogen and oxygen atoms in total. The highest BCUT2D eigenvalue weighted by atomic mass is 16.3. The standard InChI is InChI=1S/C19H26N2O2/c1-13-5-3-7-16-17(13)11-15(20-19(16)23)8-10-21-9-4-6-14(2)18(21)12-22/h3,5,7,11,14,18,22H,4,6,8-10,12H2,1-2H3,(H,20,23)/t14-,18-/m0/s1. The molecule has 0 saturated carbocycles. The lowest BCUT2D eigenvalue weighted by Gasteiger charge is -2.39. The van der Waals surface area contributed by atoms with E-state index in [0.717, 1.165) is 41.5 Å². The van der Waals surface area contributed by atoms with Crippen LogP contribution in [0, 0.1) is 12.8 Å². The van der Waals surface area contributed by atoms with Crippen LogP contribution in [0.4, 0.5) is 0 Å². The van der Waals surface area contributed by atoms with Crippen molar-refractivity contribution in [1.82, 2.24) is 9.88 Å². The molecule has 0 aliphatic carbocycles. The van der Waals surface area contributed by atoms with Gasteiger partial charge < -0.3 is 10.1 Å². The number of benzene rings is 1. The molecule has 0 amide bonds. The second-order valence-electron chi connectivity index (χ2n) is 6.82. The summed E-state index contributed by atoms with van der Waals surface area (Å²) in [5.74, 6) is 0.534. The molecule has 1 aliphatic heterocycles. The number of aliphatic hydroxyl groups is 1.